The molecule has 86 valence electrons. The zero-order valence-corrected chi connectivity index (χ0v) is 10.3. The fraction of sp³-hybridized carbons (Fsp3) is 0.0909. The number of nitrogens with one attached hydrogen (secondary N) is 1. The maximum absolute atomic E-state index is 5.92. The van der Waals surface area contributed by atoms with Gasteiger partial charge in [-0.3, -0.25) is 0 Å². The fourth-order valence-corrected chi connectivity index (χ4v) is 2.61. The number of hydrogen-bond acceptors (Lipinski definition) is 5. The lowest BCUT2D eigenvalue weighted by molar-refractivity contribution is 0.412. The summed E-state index contributed by atoms with van der Waals surface area (Å²) >= 11 is 7.49. The third-order valence-electron chi connectivity index (χ3n) is 2.26. The van der Waals surface area contributed by atoms with Gasteiger partial charge in [0, 0.05) is 11.1 Å². The molecule has 0 aliphatic heterocycles. The van der Waals surface area contributed by atoms with Crippen molar-refractivity contribution in [3.8, 4) is 0 Å². The molecule has 6 heteroatoms. The molecule has 0 aliphatic rings. The Hall–Kier alpha value is -1.59. The number of benzene rings is 1. The lowest BCUT2D eigenvalue weighted by atomic mass is 10.3. The molecule has 3 aromatic rings. The Kier molecular flexibility index (Phi) is 2.70. The summed E-state index contributed by atoms with van der Waals surface area (Å²) in [5.41, 5.74) is 1.80. The van der Waals surface area contributed by atoms with Crippen LogP contribution >= 0.6 is 22.9 Å². The first-order valence-corrected chi connectivity index (χ1v) is 6.20. The maximum atomic E-state index is 5.92. The van der Waals surface area contributed by atoms with Gasteiger partial charge in [0.2, 0.25) is 0 Å². The molecular formula is C11H8ClN3OS. The number of aromatic nitrogens is 2. The normalized spacial score (nSPS) is 10.9. The Morgan fingerprint density at radius 3 is 3.12 bits per heavy atom. The van der Waals surface area contributed by atoms with E-state index in [1.54, 1.807) is 17.6 Å². The van der Waals surface area contributed by atoms with Crippen molar-refractivity contribution in [2.45, 2.75) is 6.54 Å². The maximum Gasteiger partial charge on any atom is 0.184 e. The van der Waals surface area contributed by atoms with Crippen LogP contribution in [-0.4, -0.2) is 10.1 Å². The minimum Gasteiger partial charge on any atom is -0.364 e. The lowest BCUT2D eigenvalue weighted by Crippen LogP contribution is -1.98. The molecule has 3 rings (SSSR count). The van der Waals surface area contributed by atoms with E-state index in [9.17, 15) is 0 Å². The molecule has 0 bridgehead atoms. The average molecular weight is 266 g/mol. The van der Waals surface area contributed by atoms with E-state index in [1.807, 2.05) is 24.3 Å². The second-order valence-corrected chi connectivity index (χ2v) is 4.94. The van der Waals surface area contributed by atoms with Crippen LogP contribution in [0.5, 0.6) is 0 Å². The molecule has 0 radical (unpaired) electrons. The van der Waals surface area contributed by atoms with Crippen LogP contribution in [0.15, 0.2) is 35.1 Å². The minimum absolute atomic E-state index is 0.601. The van der Waals surface area contributed by atoms with Crippen LogP contribution < -0.4 is 5.32 Å². The fourth-order valence-electron chi connectivity index (χ4n) is 1.47. The highest BCUT2D eigenvalue weighted by Gasteiger charge is 2.04. The van der Waals surface area contributed by atoms with Gasteiger partial charge in [-0.05, 0) is 18.2 Å². The zero-order chi connectivity index (χ0) is 11.7. The SMILES string of the molecule is Clc1ccc2nc(NCc3ccon3)sc2c1. The average Bonchev–Trinajstić information content (AvgIpc) is 2.94. The number of hydrogen-bond donors (Lipinski definition) is 1. The molecule has 0 amide bonds. The van der Waals surface area contributed by atoms with E-state index in [1.165, 1.54) is 0 Å². The van der Waals surface area contributed by atoms with Crippen molar-refractivity contribution in [1.82, 2.24) is 10.1 Å². The van der Waals surface area contributed by atoms with E-state index < -0.39 is 0 Å². The molecule has 0 saturated carbocycles. The third kappa shape index (κ3) is 2.25. The van der Waals surface area contributed by atoms with Crippen molar-refractivity contribution in [3.63, 3.8) is 0 Å². The first kappa shape index (κ1) is 10.6. The summed E-state index contributed by atoms with van der Waals surface area (Å²) < 4.78 is 5.82. The van der Waals surface area contributed by atoms with E-state index in [4.69, 9.17) is 16.1 Å². The summed E-state index contributed by atoms with van der Waals surface area (Å²) in [6.45, 7) is 0.601. The van der Waals surface area contributed by atoms with Gasteiger partial charge < -0.3 is 9.84 Å². The van der Waals surface area contributed by atoms with Crippen LogP contribution in [-0.2, 0) is 6.54 Å². The summed E-state index contributed by atoms with van der Waals surface area (Å²) in [5.74, 6) is 0. The van der Waals surface area contributed by atoms with Crippen LogP contribution in [0.25, 0.3) is 10.2 Å². The highest BCUT2D eigenvalue weighted by Crippen LogP contribution is 2.28. The van der Waals surface area contributed by atoms with Gasteiger partial charge in [-0.1, -0.05) is 28.1 Å². The van der Waals surface area contributed by atoms with E-state index in [0.29, 0.717) is 6.54 Å². The highest BCUT2D eigenvalue weighted by molar-refractivity contribution is 7.22. The molecule has 0 unspecified atom stereocenters. The number of nitrogens with zero attached hydrogens (tertiary/aromatic N) is 2. The number of fused-ring (bicyclic) bond motifs is 1. The van der Waals surface area contributed by atoms with E-state index in [2.05, 4.69) is 15.5 Å². The number of anilines is 1. The van der Waals surface area contributed by atoms with Crippen LogP contribution in [0, 0.1) is 0 Å². The zero-order valence-electron chi connectivity index (χ0n) is 8.68. The van der Waals surface area contributed by atoms with Crippen molar-refractivity contribution in [2.75, 3.05) is 5.32 Å². The van der Waals surface area contributed by atoms with Gasteiger partial charge in [-0.25, -0.2) is 4.98 Å². The number of rotatable bonds is 3. The van der Waals surface area contributed by atoms with Crippen molar-refractivity contribution in [1.29, 1.82) is 0 Å². The van der Waals surface area contributed by atoms with Gasteiger partial charge in [-0.15, -0.1) is 0 Å². The Balaban J connectivity index is 1.81. The second-order valence-electron chi connectivity index (χ2n) is 3.48. The quantitative estimate of drug-likeness (QED) is 0.787. The van der Waals surface area contributed by atoms with Crippen molar-refractivity contribution < 1.29 is 4.52 Å². The monoisotopic (exact) mass is 265 g/mol. The molecule has 0 saturated heterocycles. The molecule has 17 heavy (non-hydrogen) atoms. The minimum atomic E-state index is 0.601. The second kappa shape index (κ2) is 4.35. The van der Waals surface area contributed by atoms with Crippen LogP contribution in [0.4, 0.5) is 5.13 Å². The highest BCUT2D eigenvalue weighted by atomic mass is 35.5. The van der Waals surface area contributed by atoms with Gasteiger partial charge in [0.1, 0.15) is 12.0 Å². The Bertz CT molecular complexity index is 635. The predicted octanol–water partition coefficient (Wildman–Crippen LogP) is 3.55. The number of halogens is 1. The van der Waals surface area contributed by atoms with E-state index in [0.717, 1.165) is 26.1 Å². The van der Waals surface area contributed by atoms with Crippen molar-refractivity contribution >= 4 is 38.3 Å². The Labute approximate surface area is 106 Å². The Morgan fingerprint density at radius 2 is 2.29 bits per heavy atom. The first-order valence-electron chi connectivity index (χ1n) is 5.00. The summed E-state index contributed by atoms with van der Waals surface area (Å²) in [6, 6.07) is 7.48. The van der Waals surface area contributed by atoms with Gasteiger partial charge in [0.05, 0.1) is 16.8 Å². The standard InChI is InChI=1S/C11H8ClN3OS/c12-7-1-2-9-10(5-7)17-11(14-9)13-6-8-3-4-16-15-8/h1-5H,6H2,(H,13,14). The summed E-state index contributed by atoms with van der Waals surface area (Å²) in [5, 5.41) is 8.59. The Morgan fingerprint density at radius 1 is 1.35 bits per heavy atom. The lowest BCUT2D eigenvalue weighted by Gasteiger charge is -1.96. The van der Waals surface area contributed by atoms with E-state index in [-0.39, 0.29) is 0 Å². The first-order chi connectivity index (χ1) is 8.31. The van der Waals surface area contributed by atoms with Gasteiger partial charge >= 0.3 is 0 Å². The van der Waals surface area contributed by atoms with Gasteiger partial charge in [0.25, 0.3) is 0 Å². The molecule has 1 N–H and O–H groups in total. The van der Waals surface area contributed by atoms with Crippen LogP contribution in [0.2, 0.25) is 5.02 Å². The van der Waals surface area contributed by atoms with E-state index >= 15 is 0 Å². The van der Waals surface area contributed by atoms with Crippen LogP contribution in [0.1, 0.15) is 5.69 Å². The molecular weight excluding hydrogens is 258 g/mol. The summed E-state index contributed by atoms with van der Waals surface area (Å²) in [7, 11) is 0. The van der Waals surface area contributed by atoms with Gasteiger partial charge in [-0.2, -0.15) is 0 Å². The topological polar surface area (TPSA) is 51.0 Å². The smallest absolute Gasteiger partial charge is 0.184 e. The molecule has 1 aromatic carbocycles. The molecule has 0 fully saturated rings. The largest absolute Gasteiger partial charge is 0.364 e. The molecule has 4 nitrogen and oxygen atoms in total. The molecule has 0 aliphatic carbocycles. The molecule has 2 aromatic heterocycles. The van der Waals surface area contributed by atoms with Crippen molar-refractivity contribution in [2.24, 2.45) is 0 Å². The van der Waals surface area contributed by atoms with Crippen LogP contribution in [0.3, 0.4) is 0 Å². The van der Waals surface area contributed by atoms with Gasteiger partial charge in [0.15, 0.2) is 5.13 Å². The summed E-state index contributed by atoms with van der Waals surface area (Å²) in [4.78, 5) is 4.44. The number of thiazole rings is 1. The summed E-state index contributed by atoms with van der Waals surface area (Å²) in [6.07, 6.45) is 1.55. The molecule has 2 heterocycles. The third-order valence-corrected chi connectivity index (χ3v) is 3.47. The van der Waals surface area contributed by atoms with Crippen molar-refractivity contribution in [3.05, 3.63) is 41.2 Å². The predicted molar refractivity (Wildman–Crippen MR) is 68.5 cm³/mol. The molecule has 0 spiro atoms. The molecule has 0 atom stereocenters.